The highest BCUT2D eigenvalue weighted by Gasteiger charge is 1.79. The Morgan fingerprint density at radius 2 is 2.29 bits per heavy atom. The average Bonchev–Trinajstić information content (AvgIpc) is 1.61. The van der Waals surface area contributed by atoms with Crippen LogP contribution in [-0.2, 0) is 9.53 Å². The molecule has 0 bridgehead atoms. The summed E-state index contributed by atoms with van der Waals surface area (Å²) in [5.74, 6) is 0. The molecule has 0 saturated carbocycles. The lowest BCUT2D eigenvalue weighted by Crippen LogP contribution is -1.70. The Labute approximate surface area is 50.7 Å². The van der Waals surface area contributed by atoms with E-state index in [2.05, 4.69) is 4.74 Å². The van der Waals surface area contributed by atoms with Crippen LogP contribution in [0.15, 0.2) is 10.8 Å². The van der Waals surface area contributed by atoms with Gasteiger partial charge in [0.25, 0.3) is 0 Å². The molecule has 0 heterocycles. The van der Waals surface area contributed by atoms with Crippen molar-refractivity contribution in [2.45, 2.75) is 0 Å². The number of rotatable bonds is 2. The molecule has 0 rings (SSSR count). The zero-order valence-electron chi connectivity index (χ0n) is 3.15. The van der Waals surface area contributed by atoms with E-state index in [0.29, 0.717) is 0 Å². The van der Waals surface area contributed by atoms with Gasteiger partial charge in [0.05, 0.1) is 0 Å². The lowest BCUT2D eigenvalue weighted by atomic mass is 11.1. The summed E-state index contributed by atoms with van der Waals surface area (Å²) in [7, 11) is 0. The molecule has 0 aromatic rings. The van der Waals surface area contributed by atoms with Gasteiger partial charge in [-0.25, -0.2) is 4.79 Å². The molecule has 0 spiro atoms. The van der Waals surface area contributed by atoms with Crippen LogP contribution in [0.1, 0.15) is 0 Å². The average molecular weight is 140 g/mol. The molecule has 0 aliphatic rings. The van der Waals surface area contributed by atoms with Crippen LogP contribution in [0.25, 0.3) is 0 Å². The van der Waals surface area contributed by atoms with Crippen LogP contribution in [-0.4, -0.2) is 6.47 Å². The molecule has 0 saturated heterocycles. The number of ether oxygens (including phenoxy) is 1. The molecule has 0 amide bonds. The number of halogens is 2. The zero-order chi connectivity index (χ0) is 5.70. The Hall–Kier alpha value is -0.210. The van der Waals surface area contributed by atoms with Crippen molar-refractivity contribution in [3.63, 3.8) is 0 Å². The molecule has 4 heteroatoms. The molecule has 0 atom stereocenters. The first-order chi connectivity index (χ1) is 3.27. The fourth-order valence-electron chi connectivity index (χ4n) is 0.0686. The standard InChI is InChI=1S/C3HCl2O2/c4-3(5)1-7-2-6/h1H. The van der Waals surface area contributed by atoms with Crippen molar-refractivity contribution in [1.82, 2.24) is 0 Å². The second-order valence-electron chi connectivity index (χ2n) is 0.609. The molecule has 7 heavy (non-hydrogen) atoms. The third-order valence-electron chi connectivity index (χ3n) is 0.196. The van der Waals surface area contributed by atoms with E-state index in [4.69, 9.17) is 23.2 Å². The summed E-state index contributed by atoms with van der Waals surface area (Å²) in [5.41, 5.74) is 0. The SMILES string of the molecule is O=[C]OC=C(Cl)Cl. The lowest BCUT2D eigenvalue weighted by molar-refractivity contribution is 0.398. The van der Waals surface area contributed by atoms with Crippen molar-refractivity contribution in [2.24, 2.45) is 0 Å². The first-order valence-corrected chi connectivity index (χ1v) is 2.07. The van der Waals surface area contributed by atoms with Gasteiger partial charge in [-0.15, -0.1) is 0 Å². The van der Waals surface area contributed by atoms with Gasteiger partial charge in [0.15, 0.2) is 0 Å². The van der Waals surface area contributed by atoms with Crippen molar-refractivity contribution in [2.75, 3.05) is 0 Å². The molecule has 0 aliphatic heterocycles. The molecule has 2 nitrogen and oxygen atoms in total. The minimum Gasteiger partial charge on any atom is -0.424 e. The summed E-state index contributed by atoms with van der Waals surface area (Å²) in [6, 6.07) is 0. The van der Waals surface area contributed by atoms with Crippen molar-refractivity contribution >= 4 is 29.7 Å². The predicted molar refractivity (Wildman–Crippen MR) is 26.6 cm³/mol. The van der Waals surface area contributed by atoms with Gasteiger partial charge < -0.3 is 4.74 Å². The van der Waals surface area contributed by atoms with Gasteiger partial charge in [0, 0.05) is 0 Å². The van der Waals surface area contributed by atoms with E-state index >= 15 is 0 Å². The minimum atomic E-state index is -0.108. The molecule has 0 aliphatic carbocycles. The van der Waals surface area contributed by atoms with E-state index in [-0.39, 0.29) is 4.49 Å². The fraction of sp³-hybridized carbons (Fsp3) is 0. The van der Waals surface area contributed by atoms with E-state index in [1.165, 1.54) is 0 Å². The summed E-state index contributed by atoms with van der Waals surface area (Å²) in [6.07, 6.45) is 0.871. The van der Waals surface area contributed by atoms with Crippen LogP contribution in [0.2, 0.25) is 0 Å². The highest BCUT2D eigenvalue weighted by Crippen LogP contribution is 2.04. The molecule has 0 fully saturated rings. The van der Waals surface area contributed by atoms with E-state index in [9.17, 15) is 4.79 Å². The number of hydrogen-bond acceptors (Lipinski definition) is 2. The summed E-state index contributed by atoms with van der Waals surface area (Å²) in [6.45, 7) is 1.10. The first-order valence-electron chi connectivity index (χ1n) is 1.31. The maximum atomic E-state index is 9.20. The smallest absolute Gasteiger partial charge is 0.422 e. The third kappa shape index (κ3) is 5.79. The van der Waals surface area contributed by atoms with Crippen LogP contribution in [0.5, 0.6) is 0 Å². The quantitative estimate of drug-likeness (QED) is 0.541. The van der Waals surface area contributed by atoms with Gasteiger partial charge in [-0.05, 0) is 0 Å². The summed E-state index contributed by atoms with van der Waals surface area (Å²) in [4.78, 5) is 9.20. The maximum absolute atomic E-state index is 9.20. The molecule has 0 aromatic carbocycles. The van der Waals surface area contributed by atoms with Crippen LogP contribution < -0.4 is 0 Å². The van der Waals surface area contributed by atoms with Crippen LogP contribution in [0.3, 0.4) is 0 Å². The second-order valence-corrected chi connectivity index (χ2v) is 1.62. The highest BCUT2D eigenvalue weighted by molar-refractivity contribution is 6.55. The molecule has 0 aromatic heterocycles. The molecule has 1 radical (unpaired) electrons. The van der Waals surface area contributed by atoms with E-state index in [1.807, 2.05) is 0 Å². The molecule has 0 unspecified atom stereocenters. The van der Waals surface area contributed by atoms with Crippen LogP contribution >= 0.6 is 23.2 Å². The minimum absolute atomic E-state index is 0.108. The summed E-state index contributed by atoms with van der Waals surface area (Å²) in [5, 5.41) is 0. The lowest BCUT2D eigenvalue weighted by Gasteiger charge is -1.77. The van der Waals surface area contributed by atoms with Crippen molar-refractivity contribution < 1.29 is 9.53 Å². The molecule has 0 N–H and O–H groups in total. The van der Waals surface area contributed by atoms with Crippen LogP contribution in [0.4, 0.5) is 0 Å². The maximum Gasteiger partial charge on any atom is 0.422 e. The largest absolute Gasteiger partial charge is 0.424 e. The van der Waals surface area contributed by atoms with E-state index < -0.39 is 0 Å². The van der Waals surface area contributed by atoms with Crippen molar-refractivity contribution in [3.8, 4) is 0 Å². The highest BCUT2D eigenvalue weighted by atomic mass is 35.5. The number of carbonyl (C=O) groups excluding carboxylic acids is 1. The van der Waals surface area contributed by atoms with Crippen molar-refractivity contribution in [3.05, 3.63) is 10.8 Å². The Morgan fingerprint density at radius 3 is 2.43 bits per heavy atom. The van der Waals surface area contributed by atoms with Crippen LogP contribution in [0, 0.1) is 0 Å². The molecular formula is C3HCl2O2. The monoisotopic (exact) mass is 139 g/mol. The van der Waals surface area contributed by atoms with E-state index in [0.717, 1.165) is 12.7 Å². The Kier molecular flexibility index (Phi) is 3.84. The van der Waals surface area contributed by atoms with Gasteiger partial charge in [-0.2, -0.15) is 0 Å². The Bertz CT molecular complexity index is 84.9. The summed E-state index contributed by atoms with van der Waals surface area (Å²) >= 11 is 9.96. The van der Waals surface area contributed by atoms with E-state index in [1.54, 1.807) is 0 Å². The van der Waals surface area contributed by atoms with Gasteiger partial charge >= 0.3 is 6.47 Å². The van der Waals surface area contributed by atoms with Gasteiger partial charge in [0.1, 0.15) is 10.8 Å². The number of hydrogen-bond donors (Lipinski definition) is 0. The Balaban J connectivity index is 3.25. The van der Waals surface area contributed by atoms with Gasteiger partial charge in [-0.1, -0.05) is 23.2 Å². The molecular weight excluding hydrogens is 139 g/mol. The zero-order valence-corrected chi connectivity index (χ0v) is 4.66. The molecule has 39 valence electrons. The topological polar surface area (TPSA) is 26.3 Å². The van der Waals surface area contributed by atoms with Gasteiger partial charge in [0.2, 0.25) is 0 Å². The first kappa shape index (κ1) is 6.79. The fourth-order valence-corrected chi connectivity index (χ4v) is 0.158. The van der Waals surface area contributed by atoms with Crippen molar-refractivity contribution in [1.29, 1.82) is 0 Å². The Morgan fingerprint density at radius 1 is 1.71 bits per heavy atom. The second kappa shape index (κ2) is 3.96. The normalized spacial score (nSPS) is 7.14. The van der Waals surface area contributed by atoms with Gasteiger partial charge in [-0.3, -0.25) is 0 Å². The third-order valence-corrected chi connectivity index (χ3v) is 0.374. The predicted octanol–water partition coefficient (Wildman–Crippen LogP) is 1.35. The summed E-state index contributed by atoms with van der Waals surface area (Å²) < 4.78 is 3.76.